The molecule has 2 aromatic carbocycles. The molecule has 0 bridgehead atoms. The van der Waals surface area contributed by atoms with E-state index in [0.29, 0.717) is 0 Å². The number of nitrogens with one attached hydrogen (secondary N) is 1. The highest BCUT2D eigenvalue weighted by Crippen LogP contribution is 2.31. The SMILES string of the molecule is Nc1cc(Sc2nc3ccccc3[nH]2)ccc1[N+](=O)[O-]. The highest BCUT2D eigenvalue weighted by molar-refractivity contribution is 7.99. The smallest absolute Gasteiger partial charge is 0.292 e. The number of fused-ring (bicyclic) bond motifs is 1. The molecule has 0 spiro atoms. The second-order valence-corrected chi connectivity index (χ2v) is 5.20. The van der Waals surface area contributed by atoms with E-state index in [9.17, 15) is 10.1 Å². The summed E-state index contributed by atoms with van der Waals surface area (Å²) >= 11 is 1.38. The molecule has 1 aromatic heterocycles. The van der Waals surface area contributed by atoms with Crippen LogP contribution in [0.15, 0.2) is 52.5 Å². The molecular weight excluding hydrogens is 276 g/mol. The van der Waals surface area contributed by atoms with Gasteiger partial charge in [-0.1, -0.05) is 23.9 Å². The predicted octanol–water partition coefficient (Wildman–Crippen LogP) is 3.20. The summed E-state index contributed by atoms with van der Waals surface area (Å²) in [6.45, 7) is 0. The molecule has 0 saturated carbocycles. The number of hydrogen-bond acceptors (Lipinski definition) is 5. The number of nitrogen functional groups attached to an aromatic ring is 1. The fourth-order valence-electron chi connectivity index (χ4n) is 1.85. The maximum atomic E-state index is 10.7. The van der Waals surface area contributed by atoms with Crippen LogP contribution in [0.5, 0.6) is 0 Å². The van der Waals surface area contributed by atoms with Gasteiger partial charge >= 0.3 is 0 Å². The van der Waals surface area contributed by atoms with Crippen LogP contribution in [0.25, 0.3) is 11.0 Å². The Morgan fingerprint density at radius 1 is 1.25 bits per heavy atom. The summed E-state index contributed by atoms with van der Waals surface area (Å²) in [4.78, 5) is 18.6. The van der Waals surface area contributed by atoms with Crippen LogP contribution in [0.3, 0.4) is 0 Å². The molecule has 3 aromatic rings. The lowest BCUT2D eigenvalue weighted by Crippen LogP contribution is -1.95. The van der Waals surface area contributed by atoms with E-state index in [4.69, 9.17) is 5.73 Å². The number of aromatic nitrogens is 2. The van der Waals surface area contributed by atoms with Crippen molar-refractivity contribution in [3.8, 4) is 0 Å². The number of imidazole rings is 1. The zero-order valence-electron chi connectivity index (χ0n) is 10.2. The van der Waals surface area contributed by atoms with Crippen molar-refractivity contribution in [3.05, 3.63) is 52.6 Å². The summed E-state index contributed by atoms with van der Waals surface area (Å²) in [6.07, 6.45) is 0. The summed E-state index contributed by atoms with van der Waals surface area (Å²) < 4.78 is 0. The Morgan fingerprint density at radius 2 is 2.05 bits per heavy atom. The average Bonchev–Trinajstić information content (AvgIpc) is 2.80. The normalized spacial score (nSPS) is 10.8. The Kier molecular flexibility index (Phi) is 3.03. The van der Waals surface area contributed by atoms with E-state index in [1.165, 1.54) is 17.8 Å². The lowest BCUT2D eigenvalue weighted by molar-refractivity contribution is -0.383. The van der Waals surface area contributed by atoms with Crippen molar-refractivity contribution in [3.63, 3.8) is 0 Å². The summed E-state index contributed by atoms with van der Waals surface area (Å²) in [5.41, 5.74) is 7.56. The van der Waals surface area contributed by atoms with Crippen molar-refractivity contribution in [1.29, 1.82) is 0 Å². The maximum absolute atomic E-state index is 10.7. The Morgan fingerprint density at radius 3 is 2.75 bits per heavy atom. The van der Waals surface area contributed by atoms with Gasteiger partial charge < -0.3 is 10.7 Å². The minimum absolute atomic E-state index is 0.0843. The van der Waals surface area contributed by atoms with Crippen LogP contribution in [-0.4, -0.2) is 14.9 Å². The molecule has 7 heteroatoms. The van der Waals surface area contributed by atoms with Gasteiger partial charge in [0.2, 0.25) is 0 Å². The number of benzene rings is 2. The number of para-hydroxylation sites is 2. The summed E-state index contributed by atoms with van der Waals surface area (Å²) in [5.74, 6) is 0. The van der Waals surface area contributed by atoms with E-state index in [1.807, 2.05) is 24.3 Å². The first kappa shape index (κ1) is 12.5. The van der Waals surface area contributed by atoms with Crippen LogP contribution in [0.2, 0.25) is 0 Å². The van der Waals surface area contributed by atoms with E-state index in [1.54, 1.807) is 12.1 Å². The van der Waals surface area contributed by atoms with Crippen molar-refractivity contribution < 1.29 is 4.92 Å². The average molecular weight is 286 g/mol. The van der Waals surface area contributed by atoms with Gasteiger partial charge in [-0.3, -0.25) is 10.1 Å². The number of aromatic amines is 1. The van der Waals surface area contributed by atoms with Crippen molar-refractivity contribution in [2.45, 2.75) is 10.1 Å². The summed E-state index contributed by atoms with van der Waals surface area (Å²) in [5, 5.41) is 11.4. The Bertz CT molecular complexity index is 767. The number of nitrogens with zero attached hydrogens (tertiary/aromatic N) is 2. The number of nitrogens with two attached hydrogens (primary N) is 1. The Hall–Kier alpha value is -2.54. The highest BCUT2D eigenvalue weighted by atomic mass is 32.2. The van der Waals surface area contributed by atoms with E-state index in [0.717, 1.165) is 21.1 Å². The third-order valence-corrected chi connectivity index (χ3v) is 3.65. The van der Waals surface area contributed by atoms with Gasteiger partial charge in [0.1, 0.15) is 5.69 Å². The van der Waals surface area contributed by atoms with Crippen molar-refractivity contribution in [2.24, 2.45) is 0 Å². The lowest BCUT2D eigenvalue weighted by Gasteiger charge is -2.00. The van der Waals surface area contributed by atoms with Gasteiger partial charge in [-0.2, -0.15) is 0 Å². The first-order valence-corrected chi connectivity index (χ1v) is 6.61. The lowest BCUT2D eigenvalue weighted by atomic mass is 10.3. The number of nitro groups is 1. The van der Waals surface area contributed by atoms with Crippen LogP contribution in [0.4, 0.5) is 11.4 Å². The third kappa shape index (κ3) is 2.30. The first-order valence-electron chi connectivity index (χ1n) is 5.80. The van der Waals surface area contributed by atoms with Crippen LogP contribution < -0.4 is 5.73 Å². The Balaban J connectivity index is 1.90. The predicted molar refractivity (Wildman–Crippen MR) is 77.7 cm³/mol. The van der Waals surface area contributed by atoms with Gasteiger partial charge in [0.25, 0.3) is 5.69 Å². The van der Waals surface area contributed by atoms with Crippen molar-refractivity contribution in [1.82, 2.24) is 9.97 Å². The van der Waals surface area contributed by atoms with E-state index in [-0.39, 0.29) is 11.4 Å². The number of nitro benzene ring substituents is 1. The van der Waals surface area contributed by atoms with Crippen molar-refractivity contribution in [2.75, 3.05) is 5.73 Å². The molecular formula is C13H10N4O2S. The second kappa shape index (κ2) is 4.86. The molecule has 1 heterocycles. The van der Waals surface area contributed by atoms with Crippen LogP contribution >= 0.6 is 11.8 Å². The maximum Gasteiger partial charge on any atom is 0.292 e. The van der Waals surface area contributed by atoms with Crippen LogP contribution in [-0.2, 0) is 0 Å². The molecule has 0 atom stereocenters. The largest absolute Gasteiger partial charge is 0.393 e. The van der Waals surface area contributed by atoms with E-state index in [2.05, 4.69) is 9.97 Å². The molecule has 0 aliphatic heterocycles. The molecule has 3 N–H and O–H groups in total. The minimum atomic E-state index is -0.495. The van der Waals surface area contributed by atoms with E-state index < -0.39 is 4.92 Å². The van der Waals surface area contributed by atoms with Gasteiger partial charge in [0, 0.05) is 11.0 Å². The molecule has 0 saturated heterocycles. The molecule has 20 heavy (non-hydrogen) atoms. The number of rotatable bonds is 3. The number of anilines is 1. The fourth-order valence-corrected chi connectivity index (χ4v) is 2.70. The monoisotopic (exact) mass is 286 g/mol. The highest BCUT2D eigenvalue weighted by Gasteiger charge is 2.12. The molecule has 0 aliphatic rings. The molecule has 3 rings (SSSR count). The first-order chi connectivity index (χ1) is 9.63. The molecule has 0 amide bonds. The topological polar surface area (TPSA) is 97.8 Å². The van der Waals surface area contributed by atoms with Crippen LogP contribution in [0.1, 0.15) is 0 Å². The van der Waals surface area contributed by atoms with Gasteiger partial charge in [0.15, 0.2) is 5.16 Å². The fraction of sp³-hybridized carbons (Fsp3) is 0. The zero-order valence-corrected chi connectivity index (χ0v) is 11.1. The zero-order chi connectivity index (χ0) is 14.1. The Labute approximate surface area is 118 Å². The summed E-state index contributed by atoms with van der Waals surface area (Å²) in [7, 11) is 0. The van der Waals surface area contributed by atoms with Gasteiger partial charge in [-0.25, -0.2) is 4.98 Å². The van der Waals surface area contributed by atoms with E-state index >= 15 is 0 Å². The molecule has 0 fully saturated rings. The molecule has 0 radical (unpaired) electrons. The quantitative estimate of drug-likeness (QED) is 0.437. The summed E-state index contributed by atoms with van der Waals surface area (Å²) in [6, 6.07) is 12.3. The number of H-pyrrole nitrogens is 1. The van der Waals surface area contributed by atoms with Crippen molar-refractivity contribution >= 4 is 34.2 Å². The second-order valence-electron chi connectivity index (χ2n) is 4.14. The van der Waals surface area contributed by atoms with Crippen LogP contribution in [0, 0.1) is 10.1 Å². The molecule has 0 aliphatic carbocycles. The third-order valence-electron chi connectivity index (χ3n) is 2.78. The van der Waals surface area contributed by atoms with Gasteiger partial charge in [-0.05, 0) is 24.3 Å². The molecule has 6 nitrogen and oxygen atoms in total. The van der Waals surface area contributed by atoms with Gasteiger partial charge in [0.05, 0.1) is 16.0 Å². The standard InChI is InChI=1S/C13H10N4O2S/c14-9-7-8(5-6-12(9)17(18)19)20-13-15-10-3-1-2-4-11(10)16-13/h1-7H,14H2,(H,15,16). The molecule has 100 valence electrons. The number of hydrogen-bond donors (Lipinski definition) is 2. The minimum Gasteiger partial charge on any atom is -0.393 e. The molecule has 0 unspecified atom stereocenters. The van der Waals surface area contributed by atoms with Gasteiger partial charge in [-0.15, -0.1) is 0 Å².